The molecule has 8 nitrogen and oxygen atoms in total. The van der Waals surface area contributed by atoms with Crippen molar-refractivity contribution in [2.75, 3.05) is 20.1 Å². The highest BCUT2D eigenvalue weighted by molar-refractivity contribution is 5.81. The number of carbonyl (C=O) groups excluding carboxylic acids is 1. The third kappa shape index (κ3) is 3.60. The third-order valence-electron chi connectivity index (χ3n) is 8.09. The van der Waals surface area contributed by atoms with Gasteiger partial charge in [0.1, 0.15) is 6.29 Å². The Balaban J connectivity index is 1.26. The lowest BCUT2D eigenvalue weighted by atomic mass is 9.74. The lowest BCUT2D eigenvalue weighted by Crippen LogP contribution is -2.70. The second-order valence-corrected chi connectivity index (χ2v) is 9.72. The summed E-state index contributed by atoms with van der Waals surface area (Å²) in [5, 5.41) is 3.52. The molecule has 0 radical (unpaired) electrons. The van der Waals surface area contributed by atoms with E-state index in [0.717, 1.165) is 5.56 Å². The quantitative estimate of drug-likeness (QED) is 0.528. The highest BCUT2D eigenvalue weighted by atomic mass is 19.4. The van der Waals surface area contributed by atoms with Gasteiger partial charge in [0, 0.05) is 38.6 Å². The zero-order valence-electron chi connectivity index (χ0n) is 18.0. The fourth-order valence-electron chi connectivity index (χ4n) is 6.14. The smallest absolute Gasteiger partial charge is 0.327 e. The predicted molar refractivity (Wildman–Crippen MR) is 110 cm³/mol. The Morgan fingerprint density at radius 1 is 1.19 bits per heavy atom. The van der Waals surface area contributed by atoms with E-state index in [1.165, 1.54) is 0 Å². The molecular formula is C21H30F3N7O. The van der Waals surface area contributed by atoms with E-state index in [1.54, 1.807) is 24.3 Å². The van der Waals surface area contributed by atoms with Crippen LogP contribution in [0.3, 0.4) is 0 Å². The van der Waals surface area contributed by atoms with Gasteiger partial charge in [0.15, 0.2) is 0 Å². The molecule has 4 unspecified atom stereocenters. The monoisotopic (exact) mass is 453 g/mol. The summed E-state index contributed by atoms with van der Waals surface area (Å²) in [6, 6.07) is 3.18. The maximum Gasteiger partial charge on any atom is 0.391 e. The van der Waals surface area contributed by atoms with Crippen molar-refractivity contribution in [2.24, 2.45) is 23.0 Å². The van der Waals surface area contributed by atoms with Crippen molar-refractivity contribution < 1.29 is 18.0 Å². The Morgan fingerprint density at radius 2 is 1.88 bits per heavy atom. The van der Waals surface area contributed by atoms with Crippen molar-refractivity contribution in [3.63, 3.8) is 0 Å². The van der Waals surface area contributed by atoms with Crippen LogP contribution in [-0.2, 0) is 4.79 Å². The van der Waals surface area contributed by atoms with E-state index < -0.39 is 23.6 Å². The number of alkyl halides is 3. The summed E-state index contributed by atoms with van der Waals surface area (Å²) in [4.78, 5) is 21.2. The zero-order valence-corrected chi connectivity index (χ0v) is 18.0. The molecule has 1 aromatic heterocycles. The van der Waals surface area contributed by atoms with Gasteiger partial charge in [0.25, 0.3) is 0 Å². The summed E-state index contributed by atoms with van der Waals surface area (Å²) in [6.45, 7) is 1.21. The number of hydrogen-bond donors (Lipinski definition) is 4. The number of pyridine rings is 1. The number of aromatic nitrogens is 1. The number of nitrogens with zero attached hydrogens (tertiary/aromatic N) is 3. The number of halogens is 3. The molecule has 0 aromatic carbocycles. The minimum absolute atomic E-state index is 0.0132. The first-order valence-electron chi connectivity index (χ1n) is 11.2. The number of amides is 1. The summed E-state index contributed by atoms with van der Waals surface area (Å²) >= 11 is 0. The van der Waals surface area contributed by atoms with Crippen molar-refractivity contribution in [1.29, 1.82) is 0 Å². The van der Waals surface area contributed by atoms with Crippen molar-refractivity contribution in [3.05, 3.63) is 30.1 Å². The number of rotatable bonds is 2. The van der Waals surface area contributed by atoms with Crippen LogP contribution in [0.25, 0.3) is 0 Å². The van der Waals surface area contributed by atoms with Gasteiger partial charge in [-0.15, -0.1) is 0 Å². The Kier molecular flexibility index (Phi) is 5.44. The molecule has 4 heterocycles. The number of piperidine rings is 1. The van der Waals surface area contributed by atoms with Gasteiger partial charge in [0.2, 0.25) is 5.91 Å². The molecule has 32 heavy (non-hydrogen) atoms. The molecule has 1 aromatic rings. The molecular weight excluding hydrogens is 423 g/mol. The summed E-state index contributed by atoms with van der Waals surface area (Å²) in [5.74, 6) is -1.60. The Bertz CT molecular complexity index is 846. The zero-order chi connectivity index (χ0) is 22.7. The lowest BCUT2D eigenvalue weighted by molar-refractivity contribution is -0.175. The minimum atomic E-state index is -4.18. The highest BCUT2D eigenvalue weighted by Gasteiger charge is 2.56. The van der Waals surface area contributed by atoms with E-state index in [9.17, 15) is 18.0 Å². The molecule has 176 valence electrons. The van der Waals surface area contributed by atoms with Crippen molar-refractivity contribution in [1.82, 2.24) is 31.0 Å². The molecule has 1 amide bonds. The standard InChI is InChI=1S/C21H30F3N7O/c1-30-18(32)15-16(12-2-6-26-7-3-12)28-29-17(15)27-19(30)31-8-4-20(5-9-31)11-13(10-14(20)25)21(22,23)24/h2-3,6-7,13-17,19,27-29H,4-5,8-11,25H2,1H3/t13-,14+,15?,16?,17?,19?/m0/s1. The topological polar surface area (TPSA) is 98.5 Å². The number of fused-ring (bicyclic) bond motifs is 1. The van der Waals surface area contributed by atoms with Crippen LogP contribution in [0.5, 0.6) is 0 Å². The first-order chi connectivity index (χ1) is 15.2. The average molecular weight is 454 g/mol. The summed E-state index contributed by atoms with van der Waals surface area (Å²) in [7, 11) is 1.78. The Morgan fingerprint density at radius 3 is 2.50 bits per heavy atom. The largest absolute Gasteiger partial charge is 0.391 e. The van der Waals surface area contributed by atoms with Gasteiger partial charge in [-0.2, -0.15) is 13.2 Å². The number of hydrazine groups is 1. The van der Waals surface area contributed by atoms with Gasteiger partial charge < -0.3 is 10.6 Å². The maximum absolute atomic E-state index is 13.3. The summed E-state index contributed by atoms with van der Waals surface area (Å²) in [6.07, 6.45) is 0.0134. The van der Waals surface area contributed by atoms with Crippen molar-refractivity contribution >= 4 is 5.91 Å². The van der Waals surface area contributed by atoms with E-state index in [1.807, 2.05) is 12.1 Å². The molecule has 1 spiro atoms. The molecule has 11 heteroatoms. The first kappa shape index (κ1) is 22.0. The number of nitrogens with one attached hydrogen (secondary N) is 3. The number of likely N-dealkylation sites (tertiary alicyclic amines) is 1. The van der Waals surface area contributed by atoms with E-state index >= 15 is 0 Å². The van der Waals surface area contributed by atoms with Crippen molar-refractivity contribution in [3.8, 4) is 0 Å². The number of hydrogen-bond acceptors (Lipinski definition) is 7. The fourth-order valence-corrected chi connectivity index (χ4v) is 6.14. The van der Waals surface area contributed by atoms with Crippen LogP contribution in [0.15, 0.2) is 24.5 Å². The fraction of sp³-hybridized carbons (Fsp3) is 0.714. The van der Waals surface area contributed by atoms with Crippen LogP contribution in [-0.4, -0.2) is 65.5 Å². The SMILES string of the molecule is CN1C(=O)C2C(NNC2c2ccncc2)NC1N1CCC2(CC1)C[C@@H](C(F)(F)F)C[C@H]2N. The van der Waals surface area contributed by atoms with Gasteiger partial charge in [-0.25, -0.2) is 10.9 Å². The van der Waals surface area contributed by atoms with Crippen LogP contribution in [0.2, 0.25) is 0 Å². The molecule has 4 aliphatic rings. The Hall–Kier alpha value is -1.79. The average Bonchev–Trinajstić information content (AvgIpc) is 3.34. The summed E-state index contributed by atoms with van der Waals surface area (Å²) < 4.78 is 39.8. The molecule has 1 saturated carbocycles. The van der Waals surface area contributed by atoms with Crippen LogP contribution >= 0.6 is 0 Å². The van der Waals surface area contributed by atoms with E-state index in [-0.39, 0.29) is 43.2 Å². The van der Waals surface area contributed by atoms with Crippen LogP contribution in [0.4, 0.5) is 13.2 Å². The Labute approximate surface area is 185 Å². The third-order valence-corrected chi connectivity index (χ3v) is 8.09. The van der Waals surface area contributed by atoms with Crippen LogP contribution in [0, 0.1) is 17.3 Å². The van der Waals surface area contributed by atoms with E-state index in [4.69, 9.17) is 5.73 Å². The summed E-state index contributed by atoms with van der Waals surface area (Å²) in [5.41, 5.74) is 13.2. The van der Waals surface area contributed by atoms with Crippen molar-refractivity contribution in [2.45, 2.75) is 56.4 Å². The van der Waals surface area contributed by atoms with Gasteiger partial charge in [-0.05, 0) is 48.8 Å². The minimum Gasteiger partial charge on any atom is -0.327 e. The van der Waals surface area contributed by atoms with Crippen LogP contribution in [0.1, 0.15) is 37.3 Å². The normalized spacial score (nSPS) is 37.8. The molecule has 5 rings (SSSR count). The number of carbonyl (C=O) groups is 1. The molecule has 4 fully saturated rings. The van der Waals surface area contributed by atoms with Gasteiger partial charge >= 0.3 is 6.18 Å². The second-order valence-electron chi connectivity index (χ2n) is 9.72. The molecule has 1 aliphatic carbocycles. The molecule has 3 saturated heterocycles. The maximum atomic E-state index is 13.3. The van der Waals surface area contributed by atoms with Gasteiger partial charge in [0.05, 0.1) is 24.0 Å². The van der Waals surface area contributed by atoms with Gasteiger partial charge in [-0.1, -0.05) is 0 Å². The van der Waals surface area contributed by atoms with E-state index in [0.29, 0.717) is 25.9 Å². The molecule has 5 N–H and O–H groups in total. The number of nitrogens with two attached hydrogens (primary N) is 1. The van der Waals surface area contributed by atoms with Gasteiger partial charge in [-0.3, -0.25) is 20.0 Å². The molecule has 6 atom stereocenters. The lowest BCUT2D eigenvalue weighted by Gasteiger charge is -2.50. The molecule has 3 aliphatic heterocycles. The predicted octanol–water partition coefficient (Wildman–Crippen LogP) is 0.900. The van der Waals surface area contributed by atoms with Crippen LogP contribution < -0.4 is 21.9 Å². The molecule has 0 bridgehead atoms. The highest BCUT2D eigenvalue weighted by Crippen LogP contribution is 2.53. The van der Waals surface area contributed by atoms with E-state index in [2.05, 4.69) is 26.1 Å². The second kappa shape index (κ2) is 7.91. The first-order valence-corrected chi connectivity index (χ1v) is 11.2.